The van der Waals surface area contributed by atoms with E-state index < -0.39 is 26.0 Å². The zero-order chi connectivity index (χ0) is 38.5. The maximum Gasteiger partial charge on any atom is 0.121 e. The Morgan fingerprint density at radius 1 is 0.878 bits per heavy atom. The molecule has 0 amide bonds. The van der Waals surface area contributed by atoms with Crippen molar-refractivity contribution >= 4 is 50.4 Å². The fourth-order valence-electron chi connectivity index (χ4n) is 6.08. The normalized spacial score (nSPS) is 13.8. The predicted molar refractivity (Wildman–Crippen MR) is 207 cm³/mol. The standard InChI is InChI=1S/C27H24NO.C17H22GeN.Ir/c1-17-16-28-24(13-20(17)15-27(2,3)4)22-11-7-10-21-23-12-18-8-5-6-9-19(18)14-25(23)29-26(21)22;1-13(2)15-11-17(14-9-7-6-8-10-14)19-12-16(15)18(3,4)5;/h5-10,12-14,16H,15H2,1-4H3;6-9,11-13H,1-5H3;/q2*-1;/i1D3,16D;13D;. The van der Waals surface area contributed by atoms with Crippen LogP contribution in [0.2, 0.25) is 17.3 Å². The molecule has 1 radical (unpaired) electrons. The topological polar surface area (TPSA) is 38.9 Å². The molecule has 0 N–H and O–H groups in total. The Kier molecular flexibility index (Phi) is 9.10. The van der Waals surface area contributed by atoms with E-state index in [-0.39, 0.29) is 37.3 Å². The molecule has 49 heavy (non-hydrogen) atoms. The van der Waals surface area contributed by atoms with Gasteiger partial charge in [0.25, 0.3) is 0 Å². The minimum Gasteiger partial charge on any atom is -0.501 e. The molecule has 0 fully saturated rings. The van der Waals surface area contributed by atoms with Crippen molar-refractivity contribution in [3.8, 4) is 22.5 Å². The van der Waals surface area contributed by atoms with Crippen molar-refractivity contribution in [2.45, 2.75) is 71.1 Å². The zero-order valence-corrected chi connectivity index (χ0v) is 34.0. The van der Waals surface area contributed by atoms with E-state index in [2.05, 4.69) is 84.4 Å². The maximum absolute atomic E-state index is 8.46. The average Bonchev–Trinajstić information content (AvgIpc) is 3.43. The van der Waals surface area contributed by atoms with E-state index in [1.807, 2.05) is 74.6 Å². The van der Waals surface area contributed by atoms with E-state index in [9.17, 15) is 0 Å². The van der Waals surface area contributed by atoms with Crippen molar-refractivity contribution in [1.82, 2.24) is 9.97 Å². The maximum atomic E-state index is 8.46. The van der Waals surface area contributed by atoms with Crippen LogP contribution >= 0.6 is 0 Å². The molecule has 4 aromatic carbocycles. The minimum absolute atomic E-state index is 0. The summed E-state index contributed by atoms with van der Waals surface area (Å²) in [6.45, 7) is 7.67. The molecule has 253 valence electrons. The zero-order valence-electron chi connectivity index (χ0n) is 34.5. The number of furan rings is 1. The molecular formula is C44H46GeIrN2O-2. The van der Waals surface area contributed by atoms with Crippen LogP contribution in [-0.4, -0.2) is 23.2 Å². The monoisotopic (exact) mass is 890 g/mol. The van der Waals surface area contributed by atoms with Crippen molar-refractivity contribution in [1.29, 1.82) is 0 Å². The van der Waals surface area contributed by atoms with E-state index in [0.29, 0.717) is 28.8 Å². The van der Waals surface area contributed by atoms with Gasteiger partial charge in [0.2, 0.25) is 0 Å². The fourth-order valence-corrected chi connectivity index (χ4v) is 9.40. The van der Waals surface area contributed by atoms with Gasteiger partial charge < -0.3 is 9.40 Å². The molecule has 3 aromatic heterocycles. The summed E-state index contributed by atoms with van der Waals surface area (Å²) < 4.78 is 48.4. The SMILES string of the molecule is [2H]C(C)(C)c1cc(-c2[c-]cccc2)nc[c]1[Ge]([CH3])([CH3])[CH3].[2H]c1nc(-c2[c-]ccc3c2oc2cc4ccccc4cc23)cc(CC(C)(C)C)c1C([2H])([2H])[2H].[Ir]. The Bertz CT molecular complexity index is 2440. The van der Waals surface area contributed by atoms with Crippen LogP contribution in [-0.2, 0) is 26.5 Å². The van der Waals surface area contributed by atoms with Crippen LogP contribution in [0.15, 0.2) is 102 Å². The molecule has 0 aliphatic rings. The van der Waals surface area contributed by atoms with Gasteiger partial charge in [-0.25, -0.2) is 0 Å². The van der Waals surface area contributed by atoms with Crippen molar-refractivity contribution < 1.29 is 31.4 Å². The molecule has 0 saturated heterocycles. The third kappa shape index (κ3) is 8.26. The van der Waals surface area contributed by atoms with Gasteiger partial charge in [-0.2, -0.15) is 0 Å². The molecule has 7 rings (SSSR count). The Morgan fingerprint density at radius 3 is 2.27 bits per heavy atom. The number of hydrogen-bond donors (Lipinski definition) is 0. The van der Waals surface area contributed by atoms with Crippen molar-refractivity contribution in [3.63, 3.8) is 0 Å². The molecule has 0 atom stereocenters. The van der Waals surface area contributed by atoms with Crippen molar-refractivity contribution in [2.75, 3.05) is 0 Å². The van der Waals surface area contributed by atoms with Crippen molar-refractivity contribution in [3.05, 3.63) is 126 Å². The van der Waals surface area contributed by atoms with Crippen LogP contribution < -0.4 is 4.40 Å². The van der Waals surface area contributed by atoms with Crippen LogP contribution in [0.1, 0.15) is 64.1 Å². The van der Waals surface area contributed by atoms with Gasteiger partial charge in [-0.15, -0.1) is 18.2 Å². The second-order valence-electron chi connectivity index (χ2n) is 14.9. The molecule has 0 bridgehead atoms. The third-order valence-corrected chi connectivity index (χ3v) is 12.7. The van der Waals surface area contributed by atoms with Crippen molar-refractivity contribution in [2.24, 2.45) is 5.41 Å². The summed E-state index contributed by atoms with van der Waals surface area (Å²) in [5, 5.41) is 4.16. The Labute approximate surface area is 315 Å². The first kappa shape index (κ1) is 30.3. The Morgan fingerprint density at radius 2 is 1.61 bits per heavy atom. The summed E-state index contributed by atoms with van der Waals surface area (Å²) in [6, 6.07) is 34.3. The summed E-state index contributed by atoms with van der Waals surface area (Å²) in [5.41, 5.74) is 6.04. The number of hydrogen-bond acceptors (Lipinski definition) is 3. The largest absolute Gasteiger partial charge is 0.501 e. The van der Waals surface area contributed by atoms with Gasteiger partial charge in [-0.3, -0.25) is 0 Å². The van der Waals surface area contributed by atoms with Gasteiger partial charge in [0.15, 0.2) is 0 Å². The molecule has 5 heteroatoms. The van der Waals surface area contributed by atoms with E-state index >= 15 is 0 Å². The van der Waals surface area contributed by atoms with E-state index in [1.165, 1.54) is 4.40 Å². The smallest absolute Gasteiger partial charge is 0.121 e. The minimum atomic E-state index is -2.40. The Balaban J connectivity index is 0.000000230. The quantitative estimate of drug-likeness (QED) is 0.128. The molecule has 0 spiro atoms. The second-order valence-corrected chi connectivity index (χ2v) is 25.5. The molecule has 3 heterocycles. The first-order valence-corrected chi connectivity index (χ1v) is 23.8. The van der Waals surface area contributed by atoms with Gasteiger partial charge in [0.1, 0.15) is 5.58 Å². The number of aromatic nitrogens is 2. The van der Waals surface area contributed by atoms with Gasteiger partial charge in [0.05, 0.1) is 6.95 Å². The van der Waals surface area contributed by atoms with Gasteiger partial charge in [-0.1, -0.05) is 67.6 Å². The number of nitrogens with zero attached hydrogens (tertiary/aromatic N) is 2. The molecular weight excluding hydrogens is 837 g/mol. The molecule has 0 aliphatic carbocycles. The van der Waals surface area contributed by atoms with Gasteiger partial charge >= 0.3 is 120 Å². The Hall–Kier alpha value is -3.57. The molecule has 3 nitrogen and oxygen atoms in total. The van der Waals surface area contributed by atoms with Crippen LogP contribution in [0, 0.1) is 24.4 Å². The molecule has 0 saturated carbocycles. The summed E-state index contributed by atoms with van der Waals surface area (Å²) in [7, 11) is 0. The average molecular weight is 889 g/mol. The first-order valence-electron chi connectivity index (χ1n) is 19.0. The number of fused-ring (bicyclic) bond motifs is 4. The van der Waals surface area contributed by atoms with Crippen LogP contribution in [0.5, 0.6) is 0 Å². The molecule has 0 unspecified atom stereocenters. The second kappa shape index (κ2) is 14.7. The first-order chi connectivity index (χ1) is 24.7. The summed E-state index contributed by atoms with van der Waals surface area (Å²) in [4.78, 5) is 9.01. The molecule has 7 aromatic rings. The van der Waals surface area contributed by atoms with E-state index in [1.54, 1.807) is 6.07 Å². The fraction of sp³-hybridized carbons (Fsp3) is 0.273. The number of benzene rings is 4. The van der Waals surface area contributed by atoms with E-state index in [4.69, 9.17) is 11.3 Å². The van der Waals surface area contributed by atoms with Gasteiger partial charge in [-0.05, 0) is 52.9 Å². The summed E-state index contributed by atoms with van der Waals surface area (Å²) in [5.74, 6) is 6.45. The van der Waals surface area contributed by atoms with Gasteiger partial charge in [0, 0.05) is 35.8 Å². The van der Waals surface area contributed by atoms with Crippen LogP contribution in [0.4, 0.5) is 0 Å². The number of rotatable bonds is 5. The number of pyridine rings is 2. The van der Waals surface area contributed by atoms with E-state index in [0.717, 1.165) is 43.9 Å². The van der Waals surface area contributed by atoms with Crippen LogP contribution in [0.3, 0.4) is 0 Å². The summed E-state index contributed by atoms with van der Waals surface area (Å²) >= 11 is -2.03. The molecule has 0 aliphatic heterocycles. The van der Waals surface area contributed by atoms with Crippen LogP contribution in [0.25, 0.3) is 55.2 Å². The summed E-state index contributed by atoms with van der Waals surface area (Å²) in [6.07, 6.45) is 2.30. The predicted octanol–water partition coefficient (Wildman–Crippen LogP) is 11.7. The third-order valence-electron chi connectivity index (χ3n) is 8.43.